The summed E-state index contributed by atoms with van der Waals surface area (Å²) in [5.74, 6) is -2.63. The first-order valence-electron chi connectivity index (χ1n) is 17.5. The fourth-order valence-corrected chi connectivity index (χ4v) is 5.24. The fraction of sp³-hybridized carbons (Fsp3) is 0.882. The molecule has 0 radical (unpaired) electrons. The second-order valence-electron chi connectivity index (χ2n) is 12.2. The molecule has 0 aromatic heterocycles. The highest BCUT2D eigenvalue weighted by Crippen LogP contribution is 2.31. The first-order valence-corrected chi connectivity index (χ1v) is 17.5. The van der Waals surface area contributed by atoms with Crippen LogP contribution >= 0.6 is 0 Å². The average molecular weight is 677 g/mol. The van der Waals surface area contributed by atoms with Crippen molar-refractivity contribution in [2.24, 2.45) is 0 Å². The van der Waals surface area contributed by atoms with Crippen molar-refractivity contribution in [3.63, 3.8) is 0 Å². The standard InChI is InChI=1S/C34H60O13/c1-5-7-9-11-13-15-17-19-29(40)46-32-31(44-25(4)37)28(23-42-24(3)36)45-34(43-22-27(39)26(38)21-35)33(32)47-30(41)20-18-16-14-12-10-8-6-2/h26-28,31-35,38-39H,5-23H2,1-4H3/t26-,27+,28-,31-,32+,33+,34-/m1/s1. The molecule has 3 N–H and O–H groups in total. The van der Waals surface area contributed by atoms with Crippen LogP contribution < -0.4 is 0 Å². The number of rotatable bonds is 26. The quantitative estimate of drug-likeness (QED) is 0.0678. The van der Waals surface area contributed by atoms with Crippen LogP contribution in [0.5, 0.6) is 0 Å². The lowest BCUT2D eigenvalue weighted by molar-refractivity contribution is -0.312. The number of carbonyl (C=O) groups is 4. The number of hydrogen-bond acceptors (Lipinski definition) is 13. The van der Waals surface area contributed by atoms with Gasteiger partial charge in [-0.05, 0) is 12.8 Å². The zero-order valence-electron chi connectivity index (χ0n) is 28.9. The van der Waals surface area contributed by atoms with Crippen LogP contribution in [0.15, 0.2) is 0 Å². The third-order valence-electron chi connectivity index (χ3n) is 7.91. The van der Waals surface area contributed by atoms with Crippen molar-refractivity contribution >= 4 is 23.9 Å². The summed E-state index contributed by atoms with van der Waals surface area (Å²) in [5.41, 5.74) is 0. The molecule has 0 saturated carbocycles. The molecule has 1 heterocycles. The maximum Gasteiger partial charge on any atom is 0.306 e. The molecule has 13 nitrogen and oxygen atoms in total. The molecule has 0 aromatic carbocycles. The fourth-order valence-electron chi connectivity index (χ4n) is 5.24. The maximum atomic E-state index is 13.1. The lowest BCUT2D eigenvalue weighted by Gasteiger charge is -2.44. The molecular formula is C34H60O13. The Labute approximate surface area is 279 Å². The molecule has 0 spiro atoms. The second kappa shape index (κ2) is 25.7. The predicted molar refractivity (Wildman–Crippen MR) is 171 cm³/mol. The van der Waals surface area contributed by atoms with Crippen LogP contribution in [0.1, 0.15) is 130 Å². The predicted octanol–water partition coefficient (Wildman–Crippen LogP) is 4.04. The number of hydrogen-bond donors (Lipinski definition) is 3. The van der Waals surface area contributed by atoms with Crippen LogP contribution in [0.4, 0.5) is 0 Å². The van der Waals surface area contributed by atoms with Gasteiger partial charge < -0.3 is 43.7 Å². The molecule has 274 valence electrons. The largest absolute Gasteiger partial charge is 0.463 e. The van der Waals surface area contributed by atoms with Crippen LogP contribution in [0, 0.1) is 0 Å². The molecular weight excluding hydrogens is 616 g/mol. The molecule has 7 atom stereocenters. The van der Waals surface area contributed by atoms with Crippen molar-refractivity contribution in [1.29, 1.82) is 0 Å². The van der Waals surface area contributed by atoms with Gasteiger partial charge in [0.05, 0.1) is 13.2 Å². The van der Waals surface area contributed by atoms with Crippen molar-refractivity contribution in [2.75, 3.05) is 19.8 Å². The monoisotopic (exact) mass is 676 g/mol. The minimum Gasteiger partial charge on any atom is -0.463 e. The zero-order valence-corrected chi connectivity index (χ0v) is 28.9. The van der Waals surface area contributed by atoms with Crippen molar-refractivity contribution in [1.82, 2.24) is 0 Å². The third-order valence-corrected chi connectivity index (χ3v) is 7.91. The number of carbonyl (C=O) groups excluding carboxylic acids is 4. The smallest absolute Gasteiger partial charge is 0.306 e. The van der Waals surface area contributed by atoms with Crippen molar-refractivity contribution in [3.05, 3.63) is 0 Å². The van der Waals surface area contributed by atoms with Gasteiger partial charge in [0.15, 0.2) is 24.6 Å². The van der Waals surface area contributed by atoms with E-state index in [0.29, 0.717) is 12.8 Å². The number of ether oxygens (including phenoxy) is 6. The van der Waals surface area contributed by atoms with Gasteiger partial charge in [0.25, 0.3) is 0 Å². The molecule has 0 unspecified atom stereocenters. The minimum absolute atomic E-state index is 0.0661. The molecule has 0 aliphatic carbocycles. The summed E-state index contributed by atoms with van der Waals surface area (Å²) in [6, 6.07) is 0. The second-order valence-corrected chi connectivity index (χ2v) is 12.2. The third kappa shape index (κ3) is 18.7. The van der Waals surface area contributed by atoms with E-state index in [4.69, 9.17) is 28.4 Å². The number of esters is 4. The van der Waals surface area contributed by atoms with Crippen LogP contribution in [-0.4, -0.2) is 102 Å². The molecule has 1 fully saturated rings. The molecule has 13 heteroatoms. The molecule has 0 amide bonds. The Morgan fingerprint density at radius 3 is 1.60 bits per heavy atom. The lowest BCUT2D eigenvalue weighted by Crippen LogP contribution is -2.63. The van der Waals surface area contributed by atoms with E-state index >= 15 is 0 Å². The molecule has 1 aliphatic rings. The van der Waals surface area contributed by atoms with E-state index in [0.717, 1.165) is 84.0 Å². The highest BCUT2D eigenvalue weighted by atomic mass is 16.7. The number of unbranched alkanes of at least 4 members (excludes halogenated alkanes) is 12. The van der Waals surface area contributed by atoms with Gasteiger partial charge in [-0.15, -0.1) is 0 Å². The Bertz CT molecular complexity index is 882. The molecule has 0 bridgehead atoms. The van der Waals surface area contributed by atoms with Gasteiger partial charge in [-0.1, -0.05) is 90.9 Å². The summed E-state index contributed by atoms with van der Waals surface area (Å²) in [7, 11) is 0. The zero-order chi connectivity index (χ0) is 35.0. The molecule has 1 saturated heterocycles. The van der Waals surface area contributed by atoms with Gasteiger partial charge in [-0.3, -0.25) is 19.2 Å². The number of aliphatic hydroxyl groups excluding tert-OH is 3. The minimum atomic E-state index is -1.54. The highest BCUT2D eigenvalue weighted by Gasteiger charge is 2.53. The van der Waals surface area contributed by atoms with E-state index in [1.807, 2.05) is 0 Å². The molecule has 47 heavy (non-hydrogen) atoms. The van der Waals surface area contributed by atoms with Crippen molar-refractivity contribution in [2.45, 2.75) is 173 Å². The Balaban J connectivity index is 3.20. The molecule has 1 rings (SSSR count). The Hall–Kier alpha value is -2.32. The van der Waals surface area contributed by atoms with Gasteiger partial charge in [0, 0.05) is 26.7 Å². The van der Waals surface area contributed by atoms with E-state index in [1.54, 1.807) is 0 Å². The van der Waals surface area contributed by atoms with Crippen LogP contribution in [0.2, 0.25) is 0 Å². The van der Waals surface area contributed by atoms with Gasteiger partial charge in [-0.2, -0.15) is 0 Å². The van der Waals surface area contributed by atoms with Gasteiger partial charge in [0.1, 0.15) is 24.9 Å². The van der Waals surface area contributed by atoms with Crippen LogP contribution in [-0.2, 0) is 47.6 Å². The van der Waals surface area contributed by atoms with E-state index in [2.05, 4.69) is 13.8 Å². The summed E-state index contributed by atoms with van der Waals surface area (Å²) >= 11 is 0. The van der Waals surface area contributed by atoms with Crippen molar-refractivity contribution < 1.29 is 62.9 Å². The Morgan fingerprint density at radius 1 is 0.638 bits per heavy atom. The summed E-state index contributed by atoms with van der Waals surface area (Å²) in [5, 5.41) is 29.3. The van der Waals surface area contributed by atoms with E-state index in [9.17, 15) is 34.5 Å². The SMILES string of the molecule is CCCCCCCCCC(=O)O[C@@H]1[C@H](OC(=O)CCCCCCCCC)[C@H](OC[C@H](O)[C@H](O)CO)O[C@H](COC(C)=O)[C@H]1OC(C)=O. The summed E-state index contributed by atoms with van der Waals surface area (Å²) in [4.78, 5) is 50.1. The summed E-state index contributed by atoms with van der Waals surface area (Å²) < 4.78 is 34.0. The molecule has 1 aliphatic heterocycles. The van der Waals surface area contributed by atoms with Crippen LogP contribution in [0.25, 0.3) is 0 Å². The normalized spacial score (nSPS) is 22.2. The Kier molecular flexibility index (Phi) is 23.3. The van der Waals surface area contributed by atoms with Gasteiger partial charge >= 0.3 is 23.9 Å². The topological polar surface area (TPSA) is 184 Å². The van der Waals surface area contributed by atoms with Crippen LogP contribution in [0.3, 0.4) is 0 Å². The lowest BCUT2D eigenvalue weighted by atomic mass is 9.97. The maximum absolute atomic E-state index is 13.1. The van der Waals surface area contributed by atoms with E-state index < -0.39 is 86.6 Å². The summed E-state index contributed by atoms with van der Waals surface area (Å²) in [6.07, 6.45) is 3.91. The van der Waals surface area contributed by atoms with Crippen molar-refractivity contribution in [3.8, 4) is 0 Å². The van der Waals surface area contributed by atoms with Gasteiger partial charge in [-0.25, -0.2) is 0 Å². The number of aliphatic hydroxyl groups is 3. The summed E-state index contributed by atoms with van der Waals surface area (Å²) in [6.45, 7) is 4.89. The van der Waals surface area contributed by atoms with E-state index in [1.165, 1.54) is 6.92 Å². The average Bonchev–Trinajstić information content (AvgIpc) is 3.03. The highest BCUT2D eigenvalue weighted by molar-refractivity contribution is 5.71. The Morgan fingerprint density at radius 2 is 1.13 bits per heavy atom. The van der Waals surface area contributed by atoms with E-state index in [-0.39, 0.29) is 12.8 Å². The first-order chi connectivity index (χ1) is 22.5. The first kappa shape index (κ1) is 42.7. The van der Waals surface area contributed by atoms with Gasteiger partial charge in [0.2, 0.25) is 0 Å². The molecule has 0 aromatic rings.